The number of hydrogen-bond donors (Lipinski definition) is 0. The van der Waals surface area contributed by atoms with Crippen LogP contribution in [0, 0.1) is 0 Å². The highest BCUT2D eigenvalue weighted by molar-refractivity contribution is 9.11. The maximum Gasteiger partial charge on any atom is 0.266 e. The lowest BCUT2D eigenvalue weighted by atomic mass is 10.1. The second-order valence-electron chi connectivity index (χ2n) is 2.49. The molecule has 0 bridgehead atoms. The second-order valence-corrected chi connectivity index (χ2v) is 3.41. The van der Waals surface area contributed by atoms with E-state index in [9.17, 15) is 8.78 Å². The Morgan fingerprint density at radius 3 is 2.25 bits per heavy atom. The summed E-state index contributed by atoms with van der Waals surface area (Å²) in [6, 6.07) is 0. The van der Waals surface area contributed by atoms with Gasteiger partial charge in [0.05, 0.1) is 0 Å². The Labute approximate surface area is 79.8 Å². The lowest BCUT2D eigenvalue weighted by Gasteiger charge is -2.08. The molecule has 0 radical (unpaired) electrons. The fourth-order valence-electron chi connectivity index (χ4n) is 0.419. The normalized spacial score (nSPS) is 14.8. The van der Waals surface area contributed by atoms with Gasteiger partial charge in [0, 0.05) is 11.4 Å². The van der Waals surface area contributed by atoms with Gasteiger partial charge in [-0.3, -0.25) is 0 Å². The van der Waals surface area contributed by atoms with Crippen LogP contribution in [0.3, 0.4) is 0 Å². The lowest BCUT2D eigenvalue weighted by Crippen LogP contribution is -2.10. The summed E-state index contributed by atoms with van der Waals surface area (Å²) < 4.78 is 25.7. The molecule has 0 aromatic rings. The molecular weight excluding hydrogens is 226 g/mol. The highest BCUT2D eigenvalue weighted by atomic mass is 79.9. The largest absolute Gasteiger partial charge is 0.266 e. The summed E-state index contributed by atoms with van der Waals surface area (Å²) in [5.74, 6) is -2.75. The van der Waals surface area contributed by atoms with E-state index < -0.39 is 5.92 Å². The molecule has 0 aliphatic rings. The molecule has 68 valence electrons. The first-order chi connectivity index (χ1) is 5.38. The molecule has 0 aromatic heterocycles. The number of allylic oxidation sites excluding steroid dienone is 5. The van der Waals surface area contributed by atoms with Crippen LogP contribution in [0.5, 0.6) is 0 Å². The summed E-state index contributed by atoms with van der Waals surface area (Å²) in [5.41, 5.74) is 0.0290. The molecule has 0 aromatic carbocycles. The number of alkyl halides is 2. The van der Waals surface area contributed by atoms with E-state index in [0.717, 1.165) is 6.92 Å². The minimum atomic E-state index is -2.75. The van der Waals surface area contributed by atoms with Crippen LogP contribution < -0.4 is 0 Å². The van der Waals surface area contributed by atoms with E-state index >= 15 is 0 Å². The van der Waals surface area contributed by atoms with Crippen molar-refractivity contribution in [2.45, 2.75) is 19.8 Å². The van der Waals surface area contributed by atoms with Crippen molar-refractivity contribution in [3.05, 3.63) is 34.9 Å². The SMILES string of the molecule is C=CC(Br)=CC=C(C)C(C)(F)F. The minimum Gasteiger partial charge on any atom is -0.202 e. The van der Waals surface area contributed by atoms with Crippen LogP contribution in [0.25, 0.3) is 0 Å². The van der Waals surface area contributed by atoms with Gasteiger partial charge in [0.1, 0.15) is 0 Å². The van der Waals surface area contributed by atoms with Gasteiger partial charge in [-0.25, -0.2) is 8.78 Å². The molecule has 0 unspecified atom stereocenters. The highest BCUT2D eigenvalue weighted by Gasteiger charge is 2.22. The smallest absolute Gasteiger partial charge is 0.202 e. The third-order valence-electron chi connectivity index (χ3n) is 1.38. The van der Waals surface area contributed by atoms with Gasteiger partial charge in [0.25, 0.3) is 5.92 Å². The first-order valence-electron chi connectivity index (χ1n) is 3.42. The van der Waals surface area contributed by atoms with Crippen LogP contribution in [0.2, 0.25) is 0 Å². The summed E-state index contributed by atoms with van der Waals surface area (Å²) in [4.78, 5) is 0. The van der Waals surface area contributed by atoms with Crippen molar-refractivity contribution in [1.29, 1.82) is 0 Å². The van der Waals surface area contributed by atoms with E-state index in [2.05, 4.69) is 22.5 Å². The fraction of sp³-hybridized carbons (Fsp3) is 0.333. The Morgan fingerprint density at radius 2 is 1.92 bits per heavy atom. The standard InChI is InChI=1S/C9H11BrF2/c1-4-8(10)6-5-7(2)9(3,11)12/h4-6H,1H2,2-3H3. The number of halogens is 3. The first kappa shape index (κ1) is 11.6. The van der Waals surface area contributed by atoms with Crippen molar-refractivity contribution in [3.8, 4) is 0 Å². The van der Waals surface area contributed by atoms with E-state index in [-0.39, 0.29) is 5.57 Å². The van der Waals surface area contributed by atoms with Gasteiger partial charge < -0.3 is 0 Å². The zero-order valence-electron chi connectivity index (χ0n) is 7.07. The van der Waals surface area contributed by atoms with Crippen molar-refractivity contribution < 1.29 is 8.78 Å². The van der Waals surface area contributed by atoms with Crippen LogP contribution in [-0.2, 0) is 0 Å². The van der Waals surface area contributed by atoms with Gasteiger partial charge in [-0.2, -0.15) is 0 Å². The molecule has 0 nitrogen and oxygen atoms in total. The Hall–Kier alpha value is -0.440. The van der Waals surface area contributed by atoms with Crippen LogP contribution >= 0.6 is 15.9 Å². The van der Waals surface area contributed by atoms with E-state index in [1.54, 1.807) is 6.08 Å². The van der Waals surface area contributed by atoms with E-state index in [4.69, 9.17) is 0 Å². The Bertz CT molecular complexity index is 221. The predicted molar refractivity (Wildman–Crippen MR) is 51.6 cm³/mol. The predicted octanol–water partition coefficient (Wildman–Crippen LogP) is 4.05. The van der Waals surface area contributed by atoms with Gasteiger partial charge in [0.15, 0.2) is 0 Å². The van der Waals surface area contributed by atoms with Crippen molar-refractivity contribution in [1.82, 2.24) is 0 Å². The van der Waals surface area contributed by atoms with E-state index in [1.165, 1.54) is 19.1 Å². The second kappa shape index (κ2) is 4.55. The molecule has 12 heavy (non-hydrogen) atoms. The highest BCUT2D eigenvalue weighted by Crippen LogP contribution is 2.22. The molecule has 0 aliphatic carbocycles. The van der Waals surface area contributed by atoms with Crippen molar-refractivity contribution >= 4 is 15.9 Å². The van der Waals surface area contributed by atoms with E-state index in [1.807, 2.05) is 0 Å². The zero-order valence-corrected chi connectivity index (χ0v) is 8.66. The first-order valence-corrected chi connectivity index (χ1v) is 4.22. The quantitative estimate of drug-likeness (QED) is 0.649. The molecule has 0 spiro atoms. The van der Waals surface area contributed by atoms with Crippen LogP contribution in [0.4, 0.5) is 8.78 Å². The zero-order chi connectivity index (χ0) is 9.78. The Kier molecular flexibility index (Phi) is 4.39. The summed E-state index contributed by atoms with van der Waals surface area (Å²) in [7, 11) is 0. The van der Waals surface area contributed by atoms with Gasteiger partial charge >= 0.3 is 0 Å². The summed E-state index contributed by atoms with van der Waals surface area (Å²) in [6.07, 6.45) is 4.45. The van der Waals surface area contributed by atoms with Gasteiger partial charge in [-0.05, 0) is 18.6 Å². The summed E-state index contributed by atoms with van der Waals surface area (Å²) in [6.45, 7) is 5.73. The van der Waals surface area contributed by atoms with Gasteiger partial charge in [0.2, 0.25) is 0 Å². The van der Waals surface area contributed by atoms with Gasteiger partial charge in [-0.15, -0.1) is 0 Å². The monoisotopic (exact) mass is 236 g/mol. The third kappa shape index (κ3) is 4.44. The molecule has 0 N–H and O–H groups in total. The third-order valence-corrected chi connectivity index (χ3v) is 1.97. The molecule has 0 saturated heterocycles. The Balaban J connectivity index is 4.49. The van der Waals surface area contributed by atoms with Crippen molar-refractivity contribution in [2.24, 2.45) is 0 Å². The average Bonchev–Trinajstić information content (AvgIpc) is 1.97. The lowest BCUT2D eigenvalue weighted by molar-refractivity contribution is 0.0635. The molecule has 0 fully saturated rings. The molecule has 0 atom stereocenters. The van der Waals surface area contributed by atoms with Crippen molar-refractivity contribution in [3.63, 3.8) is 0 Å². The van der Waals surface area contributed by atoms with Crippen LogP contribution in [0.15, 0.2) is 34.9 Å². The Morgan fingerprint density at radius 1 is 1.42 bits per heavy atom. The molecule has 0 heterocycles. The molecular formula is C9H11BrF2. The summed E-state index contributed by atoms with van der Waals surface area (Å²) in [5, 5.41) is 0. The molecule has 0 rings (SSSR count). The molecule has 3 heteroatoms. The van der Waals surface area contributed by atoms with Gasteiger partial charge in [-0.1, -0.05) is 34.7 Å². The molecule has 0 amide bonds. The molecule has 0 aliphatic heterocycles. The fourth-order valence-corrected chi connectivity index (χ4v) is 0.551. The topological polar surface area (TPSA) is 0 Å². The number of hydrogen-bond acceptors (Lipinski definition) is 0. The summed E-state index contributed by atoms with van der Waals surface area (Å²) >= 11 is 3.13. The average molecular weight is 237 g/mol. The molecule has 0 saturated carbocycles. The van der Waals surface area contributed by atoms with Crippen LogP contribution in [-0.4, -0.2) is 5.92 Å². The van der Waals surface area contributed by atoms with Crippen LogP contribution in [0.1, 0.15) is 13.8 Å². The minimum absolute atomic E-state index is 0.0290. The maximum atomic E-state index is 12.5. The maximum absolute atomic E-state index is 12.5. The van der Waals surface area contributed by atoms with Crippen molar-refractivity contribution in [2.75, 3.05) is 0 Å². The van der Waals surface area contributed by atoms with E-state index in [0.29, 0.717) is 4.48 Å². The number of rotatable bonds is 3.